The van der Waals surface area contributed by atoms with E-state index in [-0.39, 0.29) is 12.4 Å². The summed E-state index contributed by atoms with van der Waals surface area (Å²) < 4.78 is 25.0. The molecular formula is C22H25FN3O4+. The molecule has 1 aromatic heterocycles. The number of hydrogen-bond acceptors (Lipinski definition) is 4. The summed E-state index contributed by atoms with van der Waals surface area (Å²) >= 11 is 0. The highest BCUT2D eigenvalue weighted by atomic mass is 19.1. The third kappa shape index (κ3) is 4.38. The van der Waals surface area contributed by atoms with Gasteiger partial charge in [0, 0.05) is 18.4 Å². The molecule has 7 nitrogen and oxygen atoms in total. The maximum Gasteiger partial charge on any atom is 0.338 e. The minimum absolute atomic E-state index is 0.211. The van der Waals surface area contributed by atoms with Crippen LogP contribution in [0, 0.1) is 5.82 Å². The topological polar surface area (TPSA) is 85.0 Å². The second-order valence-corrected chi connectivity index (χ2v) is 7.54. The molecule has 2 amide bonds. The fourth-order valence-corrected chi connectivity index (χ4v) is 3.83. The standard InChI is InChI=1S/C22H24FN3O4/c1-2-29-21(27)19-17(24-22(28)25-20(19)18-8-5-11-30-18)13-26(15-9-10-15)12-14-6-3-4-7-16(14)23/h3-8,11,15,20H,2,9-10,12-13H2,1H3,(H2,24,25,28)/p+1/t20-/m0/s1. The van der Waals surface area contributed by atoms with Crippen molar-refractivity contribution in [1.29, 1.82) is 0 Å². The van der Waals surface area contributed by atoms with Crippen molar-refractivity contribution >= 4 is 12.0 Å². The molecule has 30 heavy (non-hydrogen) atoms. The van der Waals surface area contributed by atoms with Gasteiger partial charge in [0.05, 0.1) is 30.2 Å². The van der Waals surface area contributed by atoms with Crippen molar-refractivity contribution in [2.24, 2.45) is 0 Å². The Labute approximate surface area is 173 Å². The minimum atomic E-state index is -0.739. The summed E-state index contributed by atoms with van der Waals surface area (Å²) in [4.78, 5) is 26.3. The van der Waals surface area contributed by atoms with E-state index < -0.39 is 18.0 Å². The zero-order valence-electron chi connectivity index (χ0n) is 16.7. The molecule has 2 heterocycles. The molecule has 0 saturated heterocycles. The monoisotopic (exact) mass is 414 g/mol. The Morgan fingerprint density at radius 2 is 2.03 bits per heavy atom. The normalized spacial score (nSPS) is 19.8. The predicted molar refractivity (Wildman–Crippen MR) is 106 cm³/mol. The van der Waals surface area contributed by atoms with Gasteiger partial charge in [0.25, 0.3) is 0 Å². The Balaban J connectivity index is 1.68. The van der Waals surface area contributed by atoms with Gasteiger partial charge in [-0.1, -0.05) is 18.2 Å². The van der Waals surface area contributed by atoms with E-state index in [1.807, 2.05) is 6.07 Å². The summed E-state index contributed by atoms with van der Waals surface area (Å²) in [6.45, 7) is 2.78. The number of quaternary nitrogens is 1. The lowest BCUT2D eigenvalue weighted by Crippen LogP contribution is -3.12. The van der Waals surface area contributed by atoms with Gasteiger partial charge in [0.15, 0.2) is 0 Å². The molecule has 1 saturated carbocycles. The molecule has 158 valence electrons. The predicted octanol–water partition coefficient (Wildman–Crippen LogP) is 1.84. The molecule has 8 heteroatoms. The maximum atomic E-state index is 14.2. The molecule has 3 N–H and O–H groups in total. The molecule has 2 aliphatic rings. The van der Waals surface area contributed by atoms with E-state index in [4.69, 9.17) is 9.15 Å². The van der Waals surface area contributed by atoms with Gasteiger partial charge in [-0.15, -0.1) is 0 Å². The zero-order chi connectivity index (χ0) is 21.1. The Hall–Kier alpha value is -3.13. The number of ether oxygens (including phenoxy) is 1. The van der Waals surface area contributed by atoms with Gasteiger partial charge >= 0.3 is 12.0 Å². The molecule has 1 unspecified atom stereocenters. The van der Waals surface area contributed by atoms with Crippen molar-refractivity contribution in [3.63, 3.8) is 0 Å². The van der Waals surface area contributed by atoms with Gasteiger partial charge in [-0.25, -0.2) is 14.0 Å². The summed E-state index contributed by atoms with van der Waals surface area (Å²) in [6, 6.07) is 9.30. The number of carbonyl (C=O) groups excluding carboxylic acids is 2. The number of halogens is 1. The zero-order valence-corrected chi connectivity index (χ0v) is 16.7. The Morgan fingerprint density at radius 1 is 1.23 bits per heavy atom. The molecular weight excluding hydrogens is 389 g/mol. The van der Waals surface area contributed by atoms with E-state index in [1.54, 1.807) is 31.2 Å². The van der Waals surface area contributed by atoms with Crippen LogP contribution in [-0.2, 0) is 16.1 Å². The fourth-order valence-electron chi connectivity index (χ4n) is 3.83. The molecule has 1 fully saturated rings. The Kier molecular flexibility index (Phi) is 5.85. The molecule has 1 aliphatic carbocycles. The van der Waals surface area contributed by atoms with E-state index in [0.29, 0.717) is 41.7 Å². The Morgan fingerprint density at radius 3 is 2.70 bits per heavy atom. The first kappa shape index (κ1) is 20.2. The lowest BCUT2D eigenvalue weighted by molar-refractivity contribution is -0.920. The van der Waals surface area contributed by atoms with Crippen molar-refractivity contribution in [2.45, 2.75) is 38.4 Å². The van der Waals surface area contributed by atoms with Crippen LogP contribution in [0.3, 0.4) is 0 Å². The summed E-state index contributed by atoms with van der Waals surface area (Å²) in [5.74, 6) is -0.312. The highest BCUT2D eigenvalue weighted by Crippen LogP contribution is 2.28. The van der Waals surface area contributed by atoms with Gasteiger partial charge in [0.2, 0.25) is 0 Å². The average Bonchev–Trinajstić information content (AvgIpc) is 3.42. The number of carbonyl (C=O) groups is 2. The van der Waals surface area contributed by atoms with Crippen molar-refractivity contribution in [3.8, 4) is 0 Å². The number of furan rings is 1. The van der Waals surface area contributed by atoms with Crippen LogP contribution in [0.25, 0.3) is 0 Å². The van der Waals surface area contributed by atoms with E-state index in [0.717, 1.165) is 17.7 Å². The van der Waals surface area contributed by atoms with E-state index >= 15 is 0 Å². The molecule has 0 radical (unpaired) electrons. The fraction of sp³-hybridized carbons (Fsp3) is 0.364. The van der Waals surface area contributed by atoms with Crippen LogP contribution in [0.15, 0.2) is 58.3 Å². The van der Waals surface area contributed by atoms with Crippen molar-refractivity contribution in [1.82, 2.24) is 10.6 Å². The highest BCUT2D eigenvalue weighted by Gasteiger charge is 2.40. The summed E-state index contributed by atoms with van der Waals surface area (Å²) in [6.07, 6.45) is 3.55. The lowest BCUT2D eigenvalue weighted by Gasteiger charge is -2.30. The lowest BCUT2D eigenvalue weighted by atomic mass is 9.99. The number of benzene rings is 1. The highest BCUT2D eigenvalue weighted by molar-refractivity contribution is 5.95. The summed E-state index contributed by atoms with van der Waals surface area (Å²) in [5, 5.41) is 5.53. The van der Waals surface area contributed by atoms with Crippen LogP contribution in [-0.4, -0.2) is 31.2 Å². The number of hydrogen-bond donors (Lipinski definition) is 3. The first-order valence-electron chi connectivity index (χ1n) is 10.2. The van der Waals surface area contributed by atoms with Gasteiger partial charge < -0.3 is 24.7 Å². The molecule has 0 bridgehead atoms. The number of esters is 1. The molecule has 4 rings (SSSR count). The summed E-state index contributed by atoms with van der Waals surface area (Å²) in [5.41, 5.74) is 1.41. The SMILES string of the molecule is CCOC(=O)C1=C(C[NH+](Cc2ccccc2F)C2CC2)NC(=O)N[C@H]1c1ccco1. The van der Waals surface area contributed by atoms with E-state index in [9.17, 15) is 14.0 Å². The number of nitrogens with one attached hydrogen (secondary N) is 3. The third-order valence-corrected chi connectivity index (χ3v) is 5.41. The third-order valence-electron chi connectivity index (χ3n) is 5.41. The van der Waals surface area contributed by atoms with Gasteiger partial charge in [-0.2, -0.15) is 0 Å². The van der Waals surface area contributed by atoms with Crippen molar-refractivity contribution in [2.75, 3.05) is 13.2 Å². The van der Waals surface area contributed by atoms with Crippen LogP contribution in [0.2, 0.25) is 0 Å². The second-order valence-electron chi connectivity index (χ2n) is 7.54. The van der Waals surface area contributed by atoms with Crippen LogP contribution in [0.5, 0.6) is 0 Å². The molecule has 0 spiro atoms. The van der Waals surface area contributed by atoms with Crippen LogP contribution in [0.1, 0.15) is 37.1 Å². The van der Waals surface area contributed by atoms with Crippen LogP contribution >= 0.6 is 0 Å². The first-order valence-corrected chi connectivity index (χ1v) is 10.2. The van der Waals surface area contributed by atoms with E-state index in [2.05, 4.69) is 10.6 Å². The van der Waals surface area contributed by atoms with Crippen molar-refractivity contribution in [3.05, 3.63) is 71.1 Å². The second kappa shape index (κ2) is 8.71. The maximum absolute atomic E-state index is 14.2. The van der Waals surface area contributed by atoms with Gasteiger partial charge in [-0.3, -0.25) is 0 Å². The Bertz CT molecular complexity index is 953. The number of amides is 2. The largest absolute Gasteiger partial charge is 0.467 e. The molecule has 2 atom stereocenters. The minimum Gasteiger partial charge on any atom is -0.467 e. The molecule has 1 aromatic carbocycles. The average molecular weight is 414 g/mol. The van der Waals surface area contributed by atoms with Crippen molar-refractivity contribution < 1.29 is 28.0 Å². The smallest absolute Gasteiger partial charge is 0.338 e. The molecule has 2 aromatic rings. The van der Waals surface area contributed by atoms with Gasteiger partial charge in [0.1, 0.15) is 30.7 Å². The summed E-state index contributed by atoms with van der Waals surface area (Å²) in [7, 11) is 0. The number of rotatable bonds is 8. The van der Waals surface area contributed by atoms with Gasteiger partial charge in [-0.05, 0) is 25.1 Å². The molecule has 1 aliphatic heterocycles. The first-order chi connectivity index (χ1) is 14.6. The number of urea groups is 1. The van der Waals surface area contributed by atoms with E-state index in [1.165, 1.54) is 12.3 Å². The van der Waals surface area contributed by atoms with Crippen LogP contribution < -0.4 is 15.5 Å². The van der Waals surface area contributed by atoms with Crippen LogP contribution in [0.4, 0.5) is 9.18 Å². The quantitative estimate of drug-likeness (QED) is 0.576.